The lowest BCUT2D eigenvalue weighted by molar-refractivity contribution is -0.141. The third-order valence-electron chi connectivity index (χ3n) is 4.27. The van der Waals surface area contributed by atoms with Crippen LogP contribution in [0.4, 0.5) is 10.5 Å². The van der Waals surface area contributed by atoms with Crippen LogP contribution in [0.15, 0.2) is 18.2 Å². The van der Waals surface area contributed by atoms with Gasteiger partial charge in [-0.3, -0.25) is 4.79 Å². The van der Waals surface area contributed by atoms with Gasteiger partial charge in [0.25, 0.3) is 0 Å². The van der Waals surface area contributed by atoms with Gasteiger partial charge in [0.05, 0.1) is 22.0 Å². The zero-order valence-electron chi connectivity index (χ0n) is 14.1. The van der Waals surface area contributed by atoms with Crippen molar-refractivity contribution in [3.05, 3.63) is 28.2 Å². The van der Waals surface area contributed by atoms with E-state index in [1.165, 1.54) is 6.07 Å². The molecule has 2 unspecified atom stereocenters. The summed E-state index contributed by atoms with van der Waals surface area (Å²) in [6.07, 6.45) is 2.50. The number of benzene rings is 1. The number of aliphatic carboxylic acids is 1. The maximum atomic E-state index is 12.0. The minimum atomic E-state index is -0.765. The monoisotopic (exact) mass is 401 g/mol. The van der Waals surface area contributed by atoms with Crippen molar-refractivity contribution in [3.63, 3.8) is 0 Å². The second-order valence-corrected chi connectivity index (χ2v) is 7.05. The molecule has 0 saturated carbocycles. The van der Waals surface area contributed by atoms with Gasteiger partial charge in [-0.1, -0.05) is 23.2 Å². The number of carboxylic acid groups (broad SMARTS) is 1. The van der Waals surface area contributed by atoms with Crippen molar-refractivity contribution in [1.29, 1.82) is 0 Å². The molecule has 1 saturated heterocycles. The average Bonchev–Trinajstić information content (AvgIpc) is 3.06. The van der Waals surface area contributed by atoms with Gasteiger partial charge in [-0.05, 0) is 50.6 Å². The first-order valence-corrected chi connectivity index (χ1v) is 9.07. The molecule has 1 heterocycles. The number of nitrogens with zero attached hydrogens (tertiary/aromatic N) is 1. The first-order chi connectivity index (χ1) is 12.4. The Morgan fingerprint density at radius 1 is 1.35 bits per heavy atom. The molecule has 26 heavy (non-hydrogen) atoms. The average molecular weight is 402 g/mol. The number of urea groups is 1. The van der Waals surface area contributed by atoms with Crippen LogP contribution in [0.2, 0.25) is 10.0 Å². The molecular formula is C17H21Cl2N3O4. The molecule has 0 aromatic heterocycles. The Bertz CT molecular complexity index is 671. The lowest BCUT2D eigenvalue weighted by atomic mass is 10.1. The van der Waals surface area contributed by atoms with Crippen LogP contribution in [0.3, 0.4) is 0 Å². The summed E-state index contributed by atoms with van der Waals surface area (Å²) < 4.78 is 0. The van der Waals surface area contributed by atoms with Gasteiger partial charge in [0.2, 0.25) is 0 Å². The zero-order valence-corrected chi connectivity index (χ0v) is 15.6. The summed E-state index contributed by atoms with van der Waals surface area (Å²) in [5.74, 6) is -1.08. The molecule has 142 valence electrons. The van der Waals surface area contributed by atoms with Crippen molar-refractivity contribution in [2.45, 2.75) is 25.3 Å². The van der Waals surface area contributed by atoms with Gasteiger partial charge in [-0.25, -0.2) is 4.79 Å². The number of rotatable bonds is 8. The number of hydrogen-bond acceptors (Lipinski definition) is 4. The van der Waals surface area contributed by atoms with E-state index >= 15 is 0 Å². The Kier molecular flexibility index (Phi) is 7.68. The molecule has 1 aromatic rings. The Labute approximate surface area is 161 Å². The molecule has 1 aliphatic rings. The van der Waals surface area contributed by atoms with Crippen molar-refractivity contribution < 1.29 is 19.5 Å². The van der Waals surface area contributed by atoms with Crippen molar-refractivity contribution in [2.24, 2.45) is 5.92 Å². The molecule has 9 heteroatoms. The Morgan fingerprint density at radius 3 is 2.73 bits per heavy atom. The molecule has 0 spiro atoms. The number of amides is 2. The third kappa shape index (κ3) is 6.16. The van der Waals surface area contributed by atoms with E-state index in [-0.39, 0.29) is 5.92 Å². The quantitative estimate of drug-likeness (QED) is 0.581. The maximum Gasteiger partial charge on any atom is 0.319 e. The Balaban J connectivity index is 1.72. The number of carbonyl (C=O) groups is 3. The standard InChI is InChI=1S/C17H21Cl2N3O4/c18-14-4-3-12(8-15(14)19)20-17(26)21-13(10-23)2-1-6-22-7-5-11(9-22)16(24)25/h3-4,8,10-11,13H,1-2,5-7,9H2,(H,24,25)(H2,20,21,26). The van der Waals surface area contributed by atoms with Crippen molar-refractivity contribution in [2.75, 3.05) is 25.0 Å². The molecular weight excluding hydrogens is 381 g/mol. The topological polar surface area (TPSA) is 98.7 Å². The highest BCUT2D eigenvalue weighted by molar-refractivity contribution is 6.42. The molecule has 0 radical (unpaired) electrons. The summed E-state index contributed by atoms with van der Waals surface area (Å²) in [5.41, 5.74) is 0.471. The normalized spacial score (nSPS) is 18.3. The number of likely N-dealkylation sites (tertiary alicyclic amines) is 1. The van der Waals surface area contributed by atoms with E-state index in [0.717, 1.165) is 6.54 Å². The summed E-state index contributed by atoms with van der Waals surface area (Å²) in [7, 11) is 0. The van der Waals surface area contributed by atoms with Crippen LogP contribution in [0.5, 0.6) is 0 Å². The van der Waals surface area contributed by atoms with Crippen LogP contribution < -0.4 is 10.6 Å². The molecule has 1 aliphatic heterocycles. The van der Waals surface area contributed by atoms with Crippen molar-refractivity contribution in [3.8, 4) is 0 Å². The number of halogens is 2. The summed E-state index contributed by atoms with van der Waals surface area (Å²) >= 11 is 11.7. The molecule has 1 aromatic carbocycles. The second kappa shape index (κ2) is 9.75. The molecule has 1 fully saturated rings. The fourth-order valence-electron chi connectivity index (χ4n) is 2.86. The van der Waals surface area contributed by atoms with Crippen molar-refractivity contribution in [1.82, 2.24) is 10.2 Å². The first-order valence-electron chi connectivity index (χ1n) is 8.32. The van der Waals surface area contributed by atoms with E-state index in [4.69, 9.17) is 28.3 Å². The van der Waals surface area contributed by atoms with E-state index < -0.39 is 18.0 Å². The van der Waals surface area contributed by atoms with E-state index in [1.807, 2.05) is 0 Å². The summed E-state index contributed by atoms with van der Waals surface area (Å²) in [4.78, 5) is 36.2. The summed E-state index contributed by atoms with van der Waals surface area (Å²) in [6.45, 7) is 1.98. The fraction of sp³-hybridized carbons (Fsp3) is 0.471. The van der Waals surface area contributed by atoms with Gasteiger partial charge in [-0.2, -0.15) is 0 Å². The van der Waals surface area contributed by atoms with Gasteiger partial charge in [-0.15, -0.1) is 0 Å². The lowest BCUT2D eigenvalue weighted by Gasteiger charge is -2.17. The number of aldehydes is 1. The van der Waals surface area contributed by atoms with E-state index in [2.05, 4.69) is 15.5 Å². The van der Waals surface area contributed by atoms with Gasteiger partial charge < -0.3 is 25.4 Å². The van der Waals surface area contributed by atoms with E-state index in [9.17, 15) is 14.4 Å². The Hall–Kier alpha value is -1.83. The Morgan fingerprint density at radius 2 is 2.12 bits per heavy atom. The highest BCUT2D eigenvalue weighted by Crippen LogP contribution is 2.25. The van der Waals surface area contributed by atoms with Crippen LogP contribution in [0.1, 0.15) is 19.3 Å². The predicted molar refractivity (Wildman–Crippen MR) is 99.9 cm³/mol. The van der Waals surface area contributed by atoms with Crippen molar-refractivity contribution >= 4 is 47.2 Å². The third-order valence-corrected chi connectivity index (χ3v) is 5.01. The van der Waals surface area contributed by atoms with Gasteiger partial charge >= 0.3 is 12.0 Å². The molecule has 0 aliphatic carbocycles. The zero-order chi connectivity index (χ0) is 19.1. The SMILES string of the molecule is O=CC(CCCN1CCC(C(=O)O)C1)NC(=O)Nc1ccc(Cl)c(Cl)c1. The number of carboxylic acids is 1. The van der Waals surface area contributed by atoms with Crippen LogP contribution in [-0.4, -0.2) is 54.0 Å². The molecule has 2 rings (SSSR count). The predicted octanol–water partition coefficient (Wildman–Crippen LogP) is 2.87. The van der Waals surface area contributed by atoms with Crippen LogP contribution >= 0.6 is 23.2 Å². The number of nitrogens with one attached hydrogen (secondary N) is 2. The second-order valence-electron chi connectivity index (χ2n) is 6.24. The highest BCUT2D eigenvalue weighted by atomic mass is 35.5. The van der Waals surface area contributed by atoms with E-state index in [1.54, 1.807) is 12.1 Å². The van der Waals surface area contributed by atoms with Gasteiger partial charge in [0.1, 0.15) is 6.29 Å². The maximum absolute atomic E-state index is 12.0. The number of anilines is 1. The highest BCUT2D eigenvalue weighted by Gasteiger charge is 2.27. The molecule has 7 nitrogen and oxygen atoms in total. The van der Waals surface area contributed by atoms with E-state index in [0.29, 0.717) is 54.4 Å². The molecule has 2 amide bonds. The van der Waals surface area contributed by atoms with Crippen LogP contribution in [0, 0.1) is 5.92 Å². The smallest absolute Gasteiger partial charge is 0.319 e. The minimum Gasteiger partial charge on any atom is -0.481 e. The summed E-state index contributed by atoms with van der Waals surface area (Å²) in [5, 5.41) is 14.9. The lowest BCUT2D eigenvalue weighted by Crippen LogP contribution is -2.39. The van der Waals surface area contributed by atoms with Gasteiger partial charge in [0.15, 0.2) is 0 Å². The minimum absolute atomic E-state index is 0.313. The largest absolute Gasteiger partial charge is 0.481 e. The first kappa shape index (κ1) is 20.5. The van der Waals surface area contributed by atoms with Crippen LogP contribution in [-0.2, 0) is 9.59 Å². The fourth-order valence-corrected chi connectivity index (χ4v) is 3.15. The van der Waals surface area contributed by atoms with Crippen LogP contribution in [0.25, 0.3) is 0 Å². The number of hydrogen-bond donors (Lipinski definition) is 3. The van der Waals surface area contributed by atoms with Gasteiger partial charge in [0, 0.05) is 12.2 Å². The molecule has 0 bridgehead atoms. The molecule has 3 N–H and O–H groups in total. The summed E-state index contributed by atoms with van der Waals surface area (Å²) in [6, 6.07) is 3.57. The number of carbonyl (C=O) groups excluding carboxylic acids is 2. The molecule has 2 atom stereocenters.